The number of benzene rings is 1. The van der Waals surface area contributed by atoms with Crippen molar-refractivity contribution in [1.82, 2.24) is 24.6 Å². The molecule has 0 spiro atoms. The van der Waals surface area contributed by atoms with Gasteiger partial charge in [-0.3, -0.25) is 14.4 Å². The van der Waals surface area contributed by atoms with Gasteiger partial charge in [-0.15, -0.1) is 0 Å². The van der Waals surface area contributed by atoms with Gasteiger partial charge in [0.05, 0.1) is 29.5 Å². The number of hydrogen-bond donors (Lipinski definition) is 2. The Morgan fingerprint density at radius 3 is 3.08 bits per heavy atom. The topological polar surface area (TPSA) is 78.8 Å². The standard InChI is InChI=1S/C19H24N6O/c1-2-25-12-15(10-20-25)21-18(26)13-24-9-5-6-14(11-24)19-22-16-7-3-4-8-17(16)23-19/h3-4,7-8,10,12,14H,2,5-6,9,11,13H2,1H3,(H,21,26)(H,22,23). The summed E-state index contributed by atoms with van der Waals surface area (Å²) in [4.78, 5) is 22.7. The summed E-state index contributed by atoms with van der Waals surface area (Å²) in [6, 6.07) is 8.10. The molecule has 1 aromatic carbocycles. The van der Waals surface area contributed by atoms with E-state index in [2.05, 4.69) is 26.4 Å². The highest BCUT2D eigenvalue weighted by atomic mass is 16.2. The normalized spacial score (nSPS) is 18.3. The molecule has 136 valence electrons. The number of fused-ring (bicyclic) bond motifs is 1. The Kier molecular flexibility index (Phi) is 4.71. The lowest BCUT2D eigenvalue weighted by Gasteiger charge is -2.31. The van der Waals surface area contributed by atoms with Crippen molar-refractivity contribution < 1.29 is 4.79 Å². The van der Waals surface area contributed by atoms with E-state index >= 15 is 0 Å². The highest BCUT2D eigenvalue weighted by Crippen LogP contribution is 2.26. The van der Waals surface area contributed by atoms with E-state index in [9.17, 15) is 4.79 Å². The van der Waals surface area contributed by atoms with Crippen LogP contribution in [0, 0.1) is 0 Å². The summed E-state index contributed by atoms with van der Waals surface area (Å²) >= 11 is 0. The van der Waals surface area contributed by atoms with Gasteiger partial charge in [-0.2, -0.15) is 5.10 Å². The third-order valence-electron chi connectivity index (χ3n) is 4.91. The maximum Gasteiger partial charge on any atom is 0.238 e. The van der Waals surface area contributed by atoms with Gasteiger partial charge >= 0.3 is 0 Å². The molecule has 4 rings (SSSR count). The molecule has 0 radical (unpaired) electrons. The average Bonchev–Trinajstić information content (AvgIpc) is 3.28. The zero-order chi connectivity index (χ0) is 17.9. The number of aromatic amines is 1. The smallest absolute Gasteiger partial charge is 0.238 e. The van der Waals surface area contributed by atoms with Gasteiger partial charge < -0.3 is 10.3 Å². The second-order valence-electron chi connectivity index (χ2n) is 6.85. The number of nitrogens with one attached hydrogen (secondary N) is 2. The SMILES string of the molecule is CCn1cc(NC(=O)CN2CCCC(c3nc4ccccc4[nH]3)C2)cn1. The summed E-state index contributed by atoms with van der Waals surface area (Å²) in [6.07, 6.45) is 5.71. The van der Waals surface area contributed by atoms with Crippen molar-refractivity contribution in [3.8, 4) is 0 Å². The zero-order valence-corrected chi connectivity index (χ0v) is 15.0. The van der Waals surface area contributed by atoms with Crippen molar-refractivity contribution in [1.29, 1.82) is 0 Å². The van der Waals surface area contributed by atoms with Gasteiger partial charge in [0.2, 0.25) is 5.91 Å². The minimum absolute atomic E-state index is 0.00547. The first-order valence-corrected chi connectivity index (χ1v) is 9.20. The quantitative estimate of drug-likeness (QED) is 0.740. The Morgan fingerprint density at radius 1 is 1.38 bits per heavy atom. The number of imidazole rings is 1. The Hall–Kier alpha value is -2.67. The fourth-order valence-electron chi connectivity index (χ4n) is 3.59. The molecule has 3 aromatic rings. The van der Waals surface area contributed by atoms with Gasteiger partial charge in [0.15, 0.2) is 0 Å². The number of H-pyrrole nitrogens is 1. The second-order valence-corrected chi connectivity index (χ2v) is 6.85. The lowest BCUT2D eigenvalue weighted by Crippen LogP contribution is -2.40. The number of para-hydroxylation sites is 2. The van der Waals surface area contributed by atoms with E-state index in [1.165, 1.54) is 0 Å². The molecule has 1 atom stereocenters. The van der Waals surface area contributed by atoms with Gasteiger partial charge in [0.25, 0.3) is 0 Å². The Morgan fingerprint density at radius 2 is 2.27 bits per heavy atom. The predicted octanol–water partition coefficient (Wildman–Crippen LogP) is 2.60. The number of aryl methyl sites for hydroxylation is 1. The largest absolute Gasteiger partial charge is 0.342 e. The summed E-state index contributed by atoms with van der Waals surface area (Å²) in [6.45, 7) is 5.00. The third kappa shape index (κ3) is 3.62. The Balaban J connectivity index is 1.37. The van der Waals surface area contributed by atoms with Gasteiger partial charge in [0.1, 0.15) is 5.82 Å². The molecule has 1 aliphatic heterocycles. The first kappa shape index (κ1) is 16.8. The fourth-order valence-corrected chi connectivity index (χ4v) is 3.59. The van der Waals surface area contributed by atoms with Gasteiger partial charge in [0, 0.05) is 25.2 Å². The molecule has 1 saturated heterocycles. The van der Waals surface area contributed by atoms with E-state index in [-0.39, 0.29) is 5.91 Å². The van der Waals surface area contributed by atoms with E-state index < -0.39 is 0 Å². The Labute approximate surface area is 152 Å². The summed E-state index contributed by atoms with van der Waals surface area (Å²) in [5.41, 5.74) is 2.83. The van der Waals surface area contributed by atoms with Gasteiger partial charge in [-0.25, -0.2) is 4.98 Å². The van der Waals surface area contributed by atoms with Crippen LogP contribution in [-0.4, -0.2) is 50.2 Å². The van der Waals surface area contributed by atoms with Crippen LogP contribution in [0.3, 0.4) is 0 Å². The maximum absolute atomic E-state index is 12.3. The summed E-state index contributed by atoms with van der Waals surface area (Å²) in [5, 5.41) is 7.12. The summed E-state index contributed by atoms with van der Waals surface area (Å²) < 4.78 is 1.80. The number of piperidine rings is 1. The third-order valence-corrected chi connectivity index (χ3v) is 4.91. The molecular formula is C19H24N6O. The number of amides is 1. The van der Waals surface area contributed by atoms with E-state index in [0.29, 0.717) is 12.5 Å². The molecule has 7 nitrogen and oxygen atoms in total. The fraction of sp³-hybridized carbons (Fsp3) is 0.421. The molecule has 2 aromatic heterocycles. The Bertz CT molecular complexity index is 865. The molecule has 1 aliphatic rings. The van der Waals surface area contributed by atoms with Crippen molar-refractivity contribution in [3.05, 3.63) is 42.5 Å². The number of nitrogens with zero attached hydrogens (tertiary/aromatic N) is 4. The van der Waals surface area contributed by atoms with Crippen molar-refractivity contribution in [2.75, 3.05) is 25.0 Å². The number of carbonyl (C=O) groups is 1. The van der Waals surface area contributed by atoms with Crippen LogP contribution in [0.15, 0.2) is 36.7 Å². The van der Waals surface area contributed by atoms with Gasteiger partial charge in [-0.05, 0) is 38.4 Å². The zero-order valence-electron chi connectivity index (χ0n) is 15.0. The van der Waals surface area contributed by atoms with Crippen molar-refractivity contribution >= 4 is 22.6 Å². The van der Waals surface area contributed by atoms with Crippen molar-refractivity contribution in [2.45, 2.75) is 32.2 Å². The highest BCUT2D eigenvalue weighted by Gasteiger charge is 2.25. The van der Waals surface area contributed by atoms with Gasteiger partial charge in [-0.1, -0.05) is 12.1 Å². The monoisotopic (exact) mass is 352 g/mol. The number of hydrogen-bond acceptors (Lipinski definition) is 4. The van der Waals surface area contributed by atoms with Crippen molar-refractivity contribution in [3.63, 3.8) is 0 Å². The summed E-state index contributed by atoms with van der Waals surface area (Å²) in [7, 11) is 0. The van der Waals surface area contributed by atoms with E-state index in [1.807, 2.05) is 31.3 Å². The predicted molar refractivity (Wildman–Crippen MR) is 101 cm³/mol. The number of rotatable bonds is 5. The highest BCUT2D eigenvalue weighted by molar-refractivity contribution is 5.92. The molecule has 1 amide bonds. The van der Waals surface area contributed by atoms with Crippen molar-refractivity contribution in [2.24, 2.45) is 0 Å². The molecule has 0 saturated carbocycles. The molecular weight excluding hydrogens is 328 g/mol. The molecule has 0 bridgehead atoms. The molecule has 2 N–H and O–H groups in total. The van der Waals surface area contributed by atoms with E-state index in [0.717, 1.165) is 55.0 Å². The number of anilines is 1. The van der Waals surface area contributed by atoms with E-state index in [1.54, 1.807) is 10.9 Å². The van der Waals surface area contributed by atoms with Crippen LogP contribution in [0.5, 0.6) is 0 Å². The molecule has 3 heterocycles. The molecule has 1 fully saturated rings. The number of aromatic nitrogens is 4. The lowest BCUT2D eigenvalue weighted by atomic mass is 9.97. The maximum atomic E-state index is 12.3. The van der Waals surface area contributed by atoms with Crippen LogP contribution >= 0.6 is 0 Å². The van der Waals surface area contributed by atoms with Crippen LogP contribution in [0.1, 0.15) is 31.5 Å². The van der Waals surface area contributed by atoms with Crippen LogP contribution in [-0.2, 0) is 11.3 Å². The lowest BCUT2D eigenvalue weighted by molar-refractivity contribution is -0.117. The number of likely N-dealkylation sites (tertiary alicyclic amines) is 1. The second kappa shape index (κ2) is 7.29. The summed E-state index contributed by atoms with van der Waals surface area (Å²) in [5.74, 6) is 1.37. The van der Waals surface area contributed by atoms with Crippen LogP contribution in [0.4, 0.5) is 5.69 Å². The molecule has 26 heavy (non-hydrogen) atoms. The molecule has 7 heteroatoms. The molecule has 1 unspecified atom stereocenters. The minimum Gasteiger partial charge on any atom is -0.342 e. The van der Waals surface area contributed by atoms with Crippen LogP contribution < -0.4 is 5.32 Å². The van der Waals surface area contributed by atoms with E-state index in [4.69, 9.17) is 4.98 Å². The first-order chi connectivity index (χ1) is 12.7. The minimum atomic E-state index is 0.00547. The average molecular weight is 352 g/mol. The first-order valence-electron chi connectivity index (χ1n) is 9.20. The molecule has 0 aliphatic carbocycles. The van der Waals surface area contributed by atoms with Crippen LogP contribution in [0.25, 0.3) is 11.0 Å². The van der Waals surface area contributed by atoms with Crippen LogP contribution in [0.2, 0.25) is 0 Å². The number of carbonyl (C=O) groups excluding carboxylic acids is 1.